The quantitative estimate of drug-likeness (QED) is 0.761. The minimum absolute atomic E-state index is 0.112. The van der Waals surface area contributed by atoms with E-state index in [0.717, 1.165) is 6.42 Å². The molecule has 1 amide bonds. The molecule has 0 spiro atoms. The maximum atomic E-state index is 11.8. The van der Waals surface area contributed by atoms with E-state index in [4.69, 9.17) is 10.5 Å². The average molecular weight is 250 g/mol. The van der Waals surface area contributed by atoms with E-state index in [9.17, 15) is 4.79 Å². The number of anilines is 1. The maximum Gasteiger partial charge on any atom is 0.260 e. The number of ether oxygens (including phenoxy) is 1. The second-order valence-corrected chi connectivity index (χ2v) is 4.77. The Hall–Kier alpha value is -1.71. The molecule has 1 aromatic carbocycles. The van der Waals surface area contributed by atoms with Crippen LogP contribution in [0.4, 0.5) is 5.69 Å². The van der Waals surface area contributed by atoms with Crippen LogP contribution in [0.1, 0.15) is 27.2 Å². The summed E-state index contributed by atoms with van der Waals surface area (Å²) in [4.78, 5) is 11.8. The highest BCUT2D eigenvalue weighted by Crippen LogP contribution is 2.20. The van der Waals surface area contributed by atoms with E-state index in [2.05, 4.69) is 19.2 Å². The van der Waals surface area contributed by atoms with E-state index in [-0.39, 0.29) is 5.91 Å². The Bertz CT molecular complexity index is 391. The van der Waals surface area contributed by atoms with Crippen LogP contribution in [0.15, 0.2) is 24.3 Å². The van der Waals surface area contributed by atoms with Gasteiger partial charge in [0.25, 0.3) is 5.91 Å². The van der Waals surface area contributed by atoms with Crippen LogP contribution in [-0.2, 0) is 4.79 Å². The van der Waals surface area contributed by atoms with Crippen molar-refractivity contribution in [2.45, 2.75) is 33.3 Å². The molecule has 1 rings (SSSR count). The smallest absolute Gasteiger partial charge is 0.260 e. The van der Waals surface area contributed by atoms with Gasteiger partial charge >= 0.3 is 0 Å². The lowest BCUT2D eigenvalue weighted by Gasteiger charge is -2.16. The number of hydrogen-bond acceptors (Lipinski definition) is 3. The first-order chi connectivity index (χ1) is 8.50. The second-order valence-electron chi connectivity index (χ2n) is 4.77. The van der Waals surface area contributed by atoms with Crippen LogP contribution in [-0.4, -0.2) is 18.6 Å². The Kier molecular flexibility index (Phi) is 5.49. The van der Waals surface area contributed by atoms with E-state index in [1.165, 1.54) is 0 Å². The van der Waals surface area contributed by atoms with Gasteiger partial charge in [-0.25, -0.2) is 0 Å². The first-order valence-corrected chi connectivity index (χ1v) is 6.29. The third-order valence-electron chi connectivity index (χ3n) is 2.61. The Morgan fingerprint density at radius 3 is 2.61 bits per heavy atom. The van der Waals surface area contributed by atoms with Gasteiger partial charge in [-0.1, -0.05) is 26.0 Å². The number of carbonyl (C=O) groups is 1. The van der Waals surface area contributed by atoms with Crippen molar-refractivity contribution in [1.82, 2.24) is 5.32 Å². The van der Waals surface area contributed by atoms with Crippen LogP contribution in [0.25, 0.3) is 0 Å². The number of benzene rings is 1. The standard InChI is InChI=1S/C14H22N2O2/c1-10(2)8-9-16-14(17)11(3)18-13-7-5-4-6-12(13)15/h4-7,10-11H,8-9,15H2,1-3H3,(H,16,17). The first kappa shape index (κ1) is 14.4. The molecule has 1 atom stereocenters. The summed E-state index contributed by atoms with van der Waals surface area (Å²) in [5.74, 6) is 1.01. The molecule has 0 aliphatic rings. The van der Waals surface area contributed by atoms with Gasteiger partial charge in [0.15, 0.2) is 6.10 Å². The van der Waals surface area contributed by atoms with E-state index in [1.807, 2.05) is 12.1 Å². The molecule has 0 aromatic heterocycles. The van der Waals surface area contributed by atoms with E-state index >= 15 is 0 Å². The molecule has 0 saturated heterocycles. The number of nitrogens with one attached hydrogen (secondary N) is 1. The van der Waals surface area contributed by atoms with E-state index in [1.54, 1.807) is 19.1 Å². The van der Waals surface area contributed by atoms with Gasteiger partial charge in [-0.15, -0.1) is 0 Å². The number of amides is 1. The SMILES string of the molecule is CC(C)CCNC(=O)C(C)Oc1ccccc1N. The molecule has 0 radical (unpaired) electrons. The van der Waals surface area contributed by atoms with Crippen LogP contribution < -0.4 is 15.8 Å². The Morgan fingerprint density at radius 2 is 2.00 bits per heavy atom. The lowest BCUT2D eigenvalue weighted by Crippen LogP contribution is -2.37. The molecule has 1 aromatic rings. The number of nitrogens with two attached hydrogens (primary N) is 1. The molecule has 18 heavy (non-hydrogen) atoms. The normalized spacial score (nSPS) is 12.2. The van der Waals surface area contributed by atoms with Crippen molar-refractivity contribution in [3.63, 3.8) is 0 Å². The van der Waals surface area contributed by atoms with Crippen molar-refractivity contribution < 1.29 is 9.53 Å². The summed E-state index contributed by atoms with van der Waals surface area (Å²) in [6.45, 7) is 6.64. The fraction of sp³-hybridized carbons (Fsp3) is 0.500. The van der Waals surface area contributed by atoms with Gasteiger partial charge < -0.3 is 15.8 Å². The summed E-state index contributed by atoms with van der Waals surface area (Å²) in [6.07, 6.45) is 0.424. The Labute approximate surface area is 109 Å². The van der Waals surface area contributed by atoms with Gasteiger partial charge in [0, 0.05) is 6.54 Å². The molecule has 0 bridgehead atoms. The molecular formula is C14H22N2O2. The zero-order valence-electron chi connectivity index (χ0n) is 11.3. The topological polar surface area (TPSA) is 64.3 Å². The Balaban J connectivity index is 2.43. The van der Waals surface area contributed by atoms with Crippen molar-refractivity contribution in [2.24, 2.45) is 5.92 Å². The highest BCUT2D eigenvalue weighted by molar-refractivity contribution is 5.80. The van der Waals surface area contributed by atoms with Crippen molar-refractivity contribution in [3.05, 3.63) is 24.3 Å². The van der Waals surface area contributed by atoms with Crippen LogP contribution in [0, 0.1) is 5.92 Å². The molecule has 3 N–H and O–H groups in total. The molecule has 0 fully saturated rings. The second kappa shape index (κ2) is 6.89. The fourth-order valence-electron chi connectivity index (χ4n) is 1.46. The molecule has 0 heterocycles. The number of carbonyl (C=O) groups excluding carboxylic acids is 1. The molecule has 100 valence electrons. The molecule has 4 heteroatoms. The Morgan fingerprint density at radius 1 is 1.33 bits per heavy atom. The van der Waals surface area contributed by atoms with Crippen LogP contribution in [0.2, 0.25) is 0 Å². The summed E-state index contributed by atoms with van der Waals surface area (Å²) >= 11 is 0. The first-order valence-electron chi connectivity index (χ1n) is 6.29. The zero-order chi connectivity index (χ0) is 13.5. The van der Waals surface area contributed by atoms with Crippen molar-refractivity contribution in [3.8, 4) is 5.75 Å². The third-order valence-corrected chi connectivity index (χ3v) is 2.61. The predicted octanol–water partition coefficient (Wildman–Crippen LogP) is 2.20. The number of hydrogen-bond donors (Lipinski definition) is 2. The van der Waals surface area contributed by atoms with Crippen LogP contribution in [0.3, 0.4) is 0 Å². The van der Waals surface area contributed by atoms with E-state index < -0.39 is 6.10 Å². The van der Waals surface area contributed by atoms with Gasteiger partial charge in [0.1, 0.15) is 5.75 Å². The lowest BCUT2D eigenvalue weighted by molar-refractivity contribution is -0.127. The molecule has 0 aliphatic heterocycles. The van der Waals surface area contributed by atoms with Gasteiger partial charge in [-0.05, 0) is 31.4 Å². The molecule has 0 saturated carbocycles. The van der Waals surface area contributed by atoms with Crippen molar-refractivity contribution >= 4 is 11.6 Å². The molecular weight excluding hydrogens is 228 g/mol. The lowest BCUT2D eigenvalue weighted by atomic mass is 10.1. The largest absolute Gasteiger partial charge is 0.479 e. The van der Waals surface area contributed by atoms with Crippen molar-refractivity contribution in [1.29, 1.82) is 0 Å². The van der Waals surface area contributed by atoms with E-state index in [0.29, 0.717) is 23.9 Å². The summed E-state index contributed by atoms with van der Waals surface area (Å²) in [6, 6.07) is 7.16. The monoisotopic (exact) mass is 250 g/mol. The number of para-hydroxylation sites is 2. The molecule has 0 aliphatic carbocycles. The highest BCUT2D eigenvalue weighted by Gasteiger charge is 2.15. The maximum absolute atomic E-state index is 11.8. The van der Waals surface area contributed by atoms with Crippen LogP contribution in [0.5, 0.6) is 5.75 Å². The fourth-order valence-corrected chi connectivity index (χ4v) is 1.46. The molecule has 4 nitrogen and oxygen atoms in total. The summed E-state index contributed by atoms with van der Waals surface area (Å²) in [5.41, 5.74) is 6.29. The summed E-state index contributed by atoms with van der Waals surface area (Å²) < 4.78 is 5.53. The predicted molar refractivity (Wildman–Crippen MR) is 73.4 cm³/mol. The molecule has 1 unspecified atom stereocenters. The van der Waals surface area contributed by atoms with Gasteiger partial charge in [0.2, 0.25) is 0 Å². The summed E-state index contributed by atoms with van der Waals surface area (Å²) in [5, 5.41) is 2.85. The van der Waals surface area contributed by atoms with Crippen LogP contribution >= 0.6 is 0 Å². The minimum Gasteiger partial charge on any atom is -0.479 e. The number of nitrogen functional groups attached to an aromatic ring is 1. The minimum atomic E-state index is -0.540. The van der Waals surface area contributed by atoms with Gasteiger partial charge in [0.05, 0.1) is 5.69 Å². The number of rotatable bonds is 6. The van der Waals surface area contributed by atoms with Crippen molar-refractivity contribution in [2.75, 3.05) is 12.3 Å². The van der Waals surface area contributed by atoms with Gasteiger partial charge in [-0.2, -0.15) is 0 Å². The highest BCUT2D eigenvalue weighted by atomic mass is 16.5. The third kappa shape index (κ3) is 4.65. The summed E-state index contributed by atoms with van der Waals surface area (Å²) in [7, 11) is 0. The average Bonchev–Trinajstić information content (AvgIpc) is 2.31. The van der Waals surface area contributed by atoms with Gasteiger partial charge in [-0.3, -0.25) is 4.79 Å². The zero-order valence-corrected chi connectivity index (χ0v) is 11.3.